The molecule has 0 aliphatic rings. The molecule has 2 N–H and O–H groups in total. The van der Waals surface area contributed by atoms with E-state index in [-0.39, 0.29) is 12.1 Å². The Hall–Kier alpha value is -0.860. The van der Waals surface area contributed by atoms with Gasteiger partial charge in [-0.05, 0) is 37.3 Å². The Morgan fingerprint density at radius 2 is 1.65 bits per heavy atom. The molecule has 0 heterocycles. The quantitative estimate of drug-likeness (QED) is 0.794. The van der Waals surface area contributed by atoms with Crippen LogP contribution in [-0.4, -0.2) is 17.8 Å². The van der Waals surface area contributed by atoms with Crippen molar-refractivity contribution in [2.24, 2.45) is 5.92 Å². The van der Waals surface area contributed by atoms with E-state index in [9.17, 15) is 5.11 Å². The van der Waals surface area contributed by atoms with Crippen molar-refractivity contribution in [2.45, 2.75) is 46.3 Å². The average molecular weight is 235 g/mol. The molecule has 0 radical (unpaired) electrons. The maximum absolute atomic E-state index is 9.23. The third kappa shape index (κ3) is 5.33. The summed E-state index contributed by atoms with van der Waals surface area (Å²) >= 11 is 0. The van der Waals surface area contributed by atoms with Crippen LogP contribution in [-0.2, 0) is 6.42 Å². The summed E-state index contributed by atoms with van der Waals surface area (Å²) in [6.07, 6.45) is 0.841. The molecule has 2 nitrogen and oxygen atoms in total. The monoisotopic (exact) mass is 235 g/mol. The smallest absolute Gasteiger partial charge is 0.0636 e. The van der Waals surface area contributed by atoms with Gasteiger partial charge in [0.25, 0.3) is 0 Å². The van der Waals surface area contributed by atoms with Crippen molar-refractivity contribution in [1.29, 1.82) is 0 Å². The number of rotatable bonds is 6. The first-order valence-corrected chi connectivity index (χ1v) is 6.49. The lowest BCUT2D eigenvalue weighted by atomic mass is 10.00. The lowest BCUT2D eigenvalue weighted by molar-refractivity contribution is 0.187. The van der Waals surface area contributed by atoms with E-state index in [4.69, 9.17) is 0 Å². The molecular formula is C15H25NO. The van der Waals surface area contributed by atoms with Crippen LogP contribution in [0.3, 0.4) is 0 Å². The summed E-state index contributed by atoms with van der Waals surface area (Å²) < 4.78 is 0. The number of benzene rings is 1. The molecule has 2 unspecified atom stereocenters. The van der Waals surface area contributed by atoms with Crippen molar-refractivity contribution in [3.8, 4) is 0 Å². The number of aliphatic hydroxyl groups excluding tert-OH is 1. The van der Waals surface area contributed by atoms with Crippen LogP contribution < -0.4 is 5.32 Å². The first-order chi connectivity index (χ1) is 7.99. The Balaban J connectivity index is 2.54. The van der Waals surface area contributed by atoms with Crippen LogP contribution in [0.25, 0.3) is 0 Å². The minimum absolute atomic E-state index is 0.290. The van der Waals surface area contributed by atoms with Gasteiger partial charge in [0.05, 0.1) is 6.10 Å². The number of nitrogens with one attached hydrogen (secondary N) is 1. The standard InChI is InChI=1S/C15H25NO/c1-11(2)9-14-5-7-15(8-6-14)13(4)16-10-12(3)17/h5-8,11-13,16-17H,9-10H2,1-4H3. The highest BCUT2D eigenvalue weighted by molar-refractivity contribution is 5.25. The van der Waals surface area contributed by atoms with Gasteiger partial charge in [-0.15, -0.1) is 0 Å². The van der Waals surface area contributed by atoms with Gasteiger partial charge in [0.2, 0.25) is 0 Å². The van der Waals surface area contributed by atoms with E-state index in [1.165, 1.54) is 11.1 Å². The summed E-state index contributed by atoms with van der Waals surface area (Å²) in [4.78, 5) is 0. The Kier molecular flexibility index (Phi) is 5.66. The van der Waals surface area contributed by atoms with E-state index in [1.54, 1.807) is 6.92 Å². The minimum atomic E-state index is -0.294. The fraction of sp³-hybridized carbons (Fsp3) is 0.600. The van der Waals surface area contributed by atoms with Gasteiger partial charge in [-0.25, -0.2) is 0 Å². The minimum Gasteiger partial charge on any atom is -0.392 e. The third-order valence-corrected chi connectivity index (χ3v) is 2.84. The van der Waals surface area contributed by atoms with E-state index in [0.717, 1.165) is 6.42 Å². The summed E-state index contributed by atoms with van der Waals surface area (Å²) in [5.74, 6) is 0.701. The third-order valence-electron chi connectivity index (χ3n) is 2.84. The van der Waals surface area contributed by atoms with Crippen LogP contribution in [0.5, 0.6) is 0 Å². The molecule has 0 spiro atoms. The largest absolute Gasteiger partial charge is 0.392 e. The number of aliphatic hydroxyl groups is 1. The molecule has 0 amide bonds. The predicted molar refractivity (Wildman–Crippen MR) is 73.1 cm³/mol. The van der Waals surface area contributed by atoms with Gasteiger partial charge < -0.3 is 10.4 Å². The van der Waals surface area contributed by atoms with Gasteiger partial charge in [-0.2, -0.15) is 0 Å². The Morgan fingerprint density at radius 1 is 1.06 bits per heavy atom. The second kappa shape index (κ2) is 6.77. The number of hydrogen-bond acceptors (Lipinski definition) is 2. The highest BCUT2D eigenvalue weighted by Crippen LogP contribution is 2.15. The first-order valence-electron chi connectivity index (χ1n) is 6.49. The zero-order chi connectivity index (χ0) is 12.8. The molecule has 0 aliphatic heterocycles. The Morgan fingerprint density at radius 3 is 2.12 bits per heavy atom. The van der Waals surface area contributed by atoms with Crippen LogP contribution >= 0.6 is 0 Å². The molecule has 2 heteroatoms. The van der Waals surface area contributed by atoms with Crippen molar-refractivity contribution in [3.63, 3.8) is 0 Å². The van der Waals surface area contributed by atoms with Crippen molar-refractivity contribution in [1.82, 2.24) is 5.32 Å². The summed E-state index contributed by atoms with van der Waals surface area (Å²) in [5.41, 5.74) is 2.67. The van der Waals surface area contributed by atoms with Crippen LogP contribution in [0.1, 0.15) is 44.9 Å². The highest BCUT2D eigenvalue weighted by Gasteiger charge is 2.06. The van der Waals surface area contributed by atoms with E-state index >= 15 is 0 Å². The molecule has 1 aromatic carbocycles. The van der Waals surface area contributed by atoms with E-state index in [2.05, 4.69) is 50.4 Å². The molecular weight excluding hydrogens is 210 g/mol. The summed E-state index contributed by atoms with van der Waals surface area (Å²) in [6, 6.07) is 9.05. The van der Waals surface area contributed by atoms with Gasteiger partial charge in [-0.1, -0.05) is 38.1 Å². The molecule has 0 aliphatic carbocycles. The zero-order valence-corrected chi connectivity index (χ0v) is 11.4. The van der Waals surface area contributed by atoms with Gasteiger partial charge >= 0.3 is 0 Å². The maximum Gasteiger partial charge on any atom is 0.0636 e. The Bertz CT molecular complexity index is 316. The van der Waals surface area contributed by atoms with E-state index < -0.39 is 0 Å². The van der Waals surface area contributed by atoms with Crippen LogP contribution in [0.4, 0.5) is 0 Å². The van der Waals surface area contributed by atoms with E-state index in [0.29, 0.717) is 12.5 Å². The molecule has 17 heavy (non-hydrogen) atoms. The van der Waals surface area contributed by atoms with Crippen molar-refractivity contribution in [2.75, 3.05) is 6.54 Å². The van der Waals surface area contributed by atoms with Gasteiger partial charge in [0, 0.05) is 12.6 Å². The van der Waals surface area contributed by atoms with Crippen LogP contribution in [0, 0.1) is 5.92 Å². The molecule has 1 rings (SSSR count). The van der Waals surface area contributed by atoms with Gasteiger partial charge in [0.15, 0.2) is 0 Å². The summed E-state index contributed by atoms with van der Waals surface area (Å²) in [7, 11) is 0. The SMILES string of the molecule is CC(C)Cc1ccc(C(C)NCC(C)O)cc1. The lowest BCUT2D eigenvalue weighted by Crippen LogP contribution is -2.27. The maximum atomic E-state index is 9.23. The van der Waals surface area contributed by atoms with Crippen molar-refractivity contribution in [3.05, 3.63) is 35.4 Å². The molecule has 0 saturated carbocycles. The topological polar surface area (TPSA) is 32.3 Å². The molecule has 96 valence electrons. The van der Waals surface area contributed by atoms with E-state index in [1.807, 2.05) is 0 Å². The normalized spacial score (nSPS) is 14.9. The summed E-state index contributed by atoms with van der Waals surface area (Å²) in [6.45, 7) is 9.03. The van der Waals surface area contributed by atoms with Gasteiger partial charge in [0.1, 0.15) is 0 Å². The van der Waals surface area contributed by atoms with Crippen LogP contribution in [0.2, 0.25) is 0 Å². The molecule has 0 saturated heterocycles. The predicted octanol–water partition coefficient (Wildman–Crippen LogP) is 2.92. The average Bonchev–Trinajstić information content (AvgIpc) is 2.26. The fourth-order valence-electron chi connectivity index (χ4n) is 1.88. The first kappa shape index (κ1) is 14.2. The fourth-order valence-corrected chi connectivity index (χ4v) is 1.88. The zero-order valence-electron chi connectivity index (χ0n) is 11.4. The second-order valence-electron chi connectivity index (χ2n) is 5.32. The van der Waals surface area contributed by atoms with Crippen molar-refractivity contribution >= 4 is 0 Å². The molecule has 0 aromatic heterocycles. The molecule has 0 bridgehead atoms. The summed E-state index contributed by atoms with van der Waals surface area (Å²) in [5, 5.41) is 12.5. The highest BCUT2D eigenvalue weighted by atomic mass is 16.3. The van der Waals surface area contributed by atoms with Crippen LogP contribution in [0.15, 0.2) is 24.3 Å². The second-order valence-corrected chi connectivity index (χ2v) is 5.32. The molecule has 0 fully saturated rings. The Labute approximate surface area is 105 Å². The van der Waals surface area contributed by atoms with Crippen molar-refractivity contribution < 1.29 is 5.11 Å². The van der Waals surface area contributed by atoms with Gasteiger partial charge in [-0.3, -0.25) is 0 Å². The molecule has 1 aromatic rings. The molecule has 2 atom stereocenters. The lowest BCUT2D eigenvalue weighted by Gasteiger charge is -2.16. The number of hydrogen-bond donors (Lipinski definition) is 2.